The van der Waals surface area contributed by atoms with Gasteiger partial charge in [0.1, 0.15) is 11.6 Å². The first-order valence-corrected chi connectivity index (χ1v) is 6.90. The van der Waals surface area contributed by atoms with E-state index in [2.05, 4.69) is 0 Å². The van der Waals surface area contributed by atoms with Gasteiger partial charge < -0.3 is 4.74 Å². The third-order valence-corrected chi connectivity index (χ3v) is 4.23. The summed E-state index contributed by atoms with van der Waals surface area (Å²) in [4.78, 5) is 11.8. The van der Waals surface area contributed by atoms with Gasteiger partial charge in [0.15, 0.2) is 5.78 Å². The van der Waals surface area contributed by atoms with Gasteiger partial charge in [0.05, 0.1) is 11.3 Å². The van der Waals surface area contributed by atoms with E-state index in [-0.39, 0.29) is 5.75 Å². The maximum absolute atomic E-state index is 13.4. The van der Waals surface area contributed by atoms with Crippen LogP contribution in [0.2, 0.25) is 0 Å². The first kappa shape index (κ1) is 13.5. The quantitative estimate of drug-likeness (QED) is 0.788. The molecule has 0 bridgehead atoms. The van der Waals surface area contributed by atoms with Crippen LogP contribution >= 0.6 is 11.8 Å². The van der Waals surface area contributed by atoms with E-state index in [4.69, 9.17) is 4.74 Å². The zero-order chi connectivity index (χ0) is 13.0. The summed E-state index contributed by atoms with van der Waals surface area (Å²) in [6.45, 7) is 1.39. The van der Waals surface area contributed by atoms with Gasteiger partial charge in [0, 0.05) is 18.5 Å². The Hall–Kier alpha value is -0.940. The van der Waals surface area contributed by atoms with Gasteiger partial charge in [-0.15, -0.1) is 0 Å². The Morgan fingerprint density at radius 1 is 1.28 bits per heavy atom. The van der Waals surface area contributed by atoms with Crippen molar-refractivity contribution in [3.8, 4) is 0 Å². The molecule has 1 aliphatic rings. The van der Waals surface area contributed by atoms with Gasteiger partial charge in [0.2, 0.25) is 0 Å². The molecule has 2 nitrogen and oxygen atoms in total. The summed E-state index contributed by atoms with van der Waals surface area (Å²) in [6.07, 6.45) is 1.77. The lowest BCUT2D eigenvalue weighted by molar-refractivity contribution is 0.0985. The highest BCUT2D eigenvalue weighted by molar-refractivity contribution is 8.00. The normalized spacial score (nSPS) is 16.8. The zero-order valence-corrected chi connectivity index (χ0v) is 10.6. The smallest absolute Gasteiger partial charge is 0.178 e. The predicted octanol–water partition coefficient (Wildman–Crippen LogP) is 3.06. The Balaban J connectivity index is 1.95. The third kappa shape index (κ3) is 3.29. The van der Waals surface area contributed by atoms with E-state index >= 15 is 0 Å². The standard InChI is InChI=1S/C13H14F2O2S/c14-10-2-1-3-11(15)13(10)12(16)8-18-9-4-6-17-7-5-9/h1-3,9H,4-8H2. The van der Waals surface area contributed by atoms with Crippen LogP contribution in [0.1, 0.15) is 23.2 Å². The molecule has 1 heterocycles. The van der Waals surface area contributed by atoms with Crippen LogP contribution < -0.4 is 0 Å². The number of ketones is 1. The Morgan fingerprint density at radius 3 is 2.50 bits per heavy atom. The Kier molecular flexibility index (Phi) is 4.72. The van der Waals surface area contributed by atoms with Crippen LogP contribution in [-0.2, 0) is 4.74 Å². The predicted molar refractivity (Wildman–Crippen MR) is 67.0 cm³/mol. The van der Waals surface area contributed by atoms with Crippen LogP contribution in [0.15, 0.2) is 18.2 Å². The molecule has 0 saturated carbocycles. The summed E-state index contributed by atoms with van der Waals surface area (Å²) in [5.74, 6) is -1.94. The van der Waals surface area contributed by atoms with Crippen LogP contribution in [0.5, 0.6) is 0 Å². The molecule has 1 fully saturated rings. The van der Waals surface area contributed by atoms with Crippen molar-refractivity contribution in [2.45, 2.75) is 18.1 Å². The minimum atomic E-state index is -0.785. The van der Waals surface area contributed by atoms with Gasteiger partial charge in [-0.2, -0.15) is 11.8 Å². The average molecular weight is 272 g/mol. The monoisotopic (exact) mass is 272 g/mol. The molecule has 0 aromatic heterocycles. The largest absolute Gasteiger partial charge is 0.381 e. The Morgan fingerprint density at radius 2 is 1.89 bits per heavy atom. The second-order valence-electron chi connectivity index (χ2n) is 4.14. The van der Waals surface area contributed by atoms with Crippen molar-refractivity contribution in [2.75, 3.05) is 19.0 Å². The van der Waals surface area contributed by atoms with Crippen molar-refractivity contribution in [2.24, 2.45) is 0 Å². The van der Waals surface area contributed by atoms with Gasteiger partial charge in [-0.05, 0) is 25.0 Å². The number of thioether (sulfide) groups is 1. The van der Waals surface area contributed by atoms with Crippen molar-refractivity contribution in [1.29, 1.82) is 0 Å². The molecule has 0 unspecified atom stereocenters. The second-order valence-corrected chi connectivity index (χ2v) is 5.43. The molecular formula is C13H14F2O2S. The topological polar surface area (TPSA) is 26.3 Å². The maximum atomic E-state index is 13.4. The van der Waals surface area contributed by atoms with Gasteiger partial charge in [0.25, 0.3) is 0 Å². The molecule has 0 N–H and O–H groups in total. The zero-order valence-electron chi connectivity index (χ0n) is 9.83. The highest BCUT2D eigenvalue weighted by atomic mass is 32.2. The number of carbonyl (C=O) groups excluding carboxylic acids is 1. The summed E-state index contributed by atoms with van der Waals surface area (Å²) in [5.41, 5.74) is -0.419. The number of ether oxygens (including phenoxy) is 1. The first-order valence-electron chi connectivity index (χ1n) is 5.85. The summed E-state index contributed by atoms with van der Waals surface area (Å²) in [6, 6.07) is 3.47. The second kappa shape index (κ2) is 6.29. The van der Waals surface area contributed by atoms with E-state index in [9.17, 15) is 13.6 Å². The number of hydrogen-bond donors (Lipinski definition) is 0. The van der Waals surface area contributed by atoms with Crippen molar-refractivity contribution >= 4 is 17.5 Å². The molecule has 1 aliphatic heterocycles. The van der Waals surface area contributed by atoms with Crippen molar-refractivity contribution in [1.82, 2.24) is 0 Å². The van der Waals surface area contributed by atoms with E-state index in [0.717, 1.165) is 25.0 Å². The van der Waals surface area contributed by atoms with Crippen molar-refractivity contribution in [3.63, 3.8) is 0 Å². The van der Waals surface area contributed by atoms with Crippen molar-refractivity contribution in [3.05, 3.63) is 35.4 Å². The fourth-order valence-electron chi connectivity index (χ4n) is 1.87. The van der Waals surface area contributed by atoms with Crippen LogP contribution in [0.4, 0.5) is 8.78 Å². The molecule has 0 spiro atoms. The molecule has 0 radical (unpaired) electrons. The molecule has 0 atom stereocenters. The Bertz CT molecular complexity index is 411. The van der Waals surface area contributed by atoms with Crippen LogP contribution in [0, 0.1) is 11.6 Å². The SMILES string of the molecule is O=C(CSC1CCOCC1)c1c(F)cccc1F. The number of halogens is 2. The van der Waals surface area contributed by atoms with E-state index in [0.29, 0.717) is 18.5 Å². The molecule has 1 aromatic rings. The minimum Gasteiger partial charge on any atom is -0.381 e. The van der Waals surface area contributed by atoms with E-state index in [1.165, 1.54) is 17.8 Å². The third-order valence-electron chi connectivity index (χ3n) is 2.86. The fourth-order valence-corrected chi connectivity index (χ4v) is 2.93. The van der Waals surface area contributed by atoms with Gasteiger partial charge >= 0.3 is 0 Å². The number of rotatable bonds is 4. The summed E-state index contributed by atoms with van der Waals surface area (Å²) >= 11 is 1.45. The lowest BCUT2D eigenvalue weighted by Crippen LogP contribution is -2.19. The van der Waals surface area contributed by atoms with E-state index in [1.807, 2.05) is 0 Å². The van der Waals surface area contributed by atoms with E-state index in [1.54, 1.807) is 0 Å². The fraction of sp³-hybridized carbons (Fsp3) is 0.462. The number of Topliss-reactive ketones (excluding diaryl/α,β-unsaturated/α-hetero) is 1. The minimum absolute atomic E-state index is 0.114. The molecular weight excluding hydrogens is 258 g/mol. The summed E-state index contributed by atoms with van der Waals surface area (Å²) < 4.78 is 32.0. The van der Waals surface area contributed by atoms with Crippen LogP contribution in [0.3, 0.4) is 0 Å². The van der Waals surface area contributed by atoms with Crippen molar-refractivity contribution < 1.29 is 18.3 Å². The number of hydrogen-bond acceptors (Lipinski definition) is 3. The summed E-state index contributed by atoms with van der Waals surface area (Å²) in [5, 5.41) is 0.345. The average Bonchev–Trinajstić information content (AvgIpc) is 2.37. The molecule has 2 rings (SSSR count). The molecule has 0 amide bonds. The van der Waals surface area contributed by atoms with Crippen LogP contribution in [-0.4, -0.2) is 30.0 Å². The summed E-state index contributed by atoms with van der Waals surface area (Å²) in [7, 11) is 0. The molecule has 0 aliphatic carbocycles. The Labute approximate surface area is 109 Å². The van der Waals surface area contributed by atoms with Crippen LogP contribution in [0.25, 0.3) is 0 Å². The molecule has 18 heavy (non-hydrogen) atoms. The molecule has 1 saturated heterocycles. The van der Waals surface area contributed by atoms with Gasteiger partial charge in [-0.1, -0.05) is 6.07 Å². The maximum Gasteiger partial charge on any atom is 0.178 e. The molecule has 5 heteroatoms. The van der Waals surface area contributed by atoms with Gasteiger partial charge in [-0.3, -0.25) is 4.79 Å². The van der Waals surface area contributed by atoms with Gasteiger partial charge in [-0.25, -0.2) is 8.78 Å². The molecule has 1 aromatic carbocycles. The highest BCUT2D eigenvalue weighted by Gasteiger charge is 2.20. The number of benzene rings is 1. The lowest BCUT2D eigenvalue weighted by Gasteiger charge is -2.21. The first-order chi connectivity index (χ1) is 8.68. The molecule has 98 valence electrons. The van der Waals surface area contributed by atoms with E-state index < -0.39 is 23.0 Å². The lowest BCUT2D eigenvalue weighted by atomic mass is 10.1. The number of carbonyl (C=O) groups is 1. The highest BCUT2D eigenvalue weighted by Crippen LogP contribution is 2.24.